The third-order valence-corrected chi connectivity index (χ3v) is 10.00. The fraction of sp³-hybridized carbons (Fsp3) is 0.243. The summed E-state index contributed by atoms with van der Waals surface area (Å²) in [6.45, 7) is 8.55. The molecule has 0 bridgehead atoms. The Labute approximate surface area is 260 Å². The van der Waals surface area contributed by atoms with Gasteiger partial charge in [0.15, 0.2) is 16.3 Å². The molecule has 0 unspecified atom stereocenters. The van der Waals surface area contributed by atoms with Gasteiger partial charge in [-0.05, 0) is 98.2 Å². The molecule has 2 aliphatic rings. The Morgan fingerprint density at radius 3 is 2.39 bits per heavy atom. The summed E-state index contributed by atoms with van der Waals surface area (Å²) in [5.74, 6) is 1.30. The SMILES string of the molecule is COc1ccc([C@H]2C3=C(N=c4s/c(=C/c5cc(C)n(-c6c(C)cccc6C)c5C)c(=O)n42)c2ccccc2CC3)cc1OC. The van der Waals surface area contributed by atoms with E-state index in [1.807, 2.05) is 28.8 Å². The molecule has 1 aliphatic carbocycles. The molecule has 0 fully saturated rings. The smallest absolute Gasteiger partial charge is 0.271 e. The molecule has 6 nitrogen and oxygen atoms in total. The molecule has 1 atom stereocenters. The van der Waals surface area contributed by atoms with E-state index in [0.717, 1.165) is 52.2 Å². The van der Waals surface area contributed by atoms with Crippen LogP contribution in [-0.4, -0.2) is 23.4 Å². The van der Waals surface area contributed by atoms with Crippen LogP contribution in [0.5, 0.6) is 11.5 Å². The van der Waals surface area contributed by atoms with Gasteiger partial charge >= 0.3 is 0 Å². The zero-order valence-electron chi connectivity index (χ0n) is 25.9. The van der Waals surface area contributed by atoms with Crippen molar-refractivity contribution in [2.45, 2.75) is 46.6 Å². The number of methoxy groups -OCH3 is 2. The Morgan fingerprint density at radius 2 is 1.64 bits per heavy atom. The second-order valence-electron chi connectivity index (χ2n) is 11.6. The van der Waals surface area contributed by atoms with E-state index >= 15 is 0 Å². The Morgan fingerprint density at radius 1 is 0.886 bits per heavy atom. The molecule has 0 amide bonds. The number of ether oxygens (including phenoxy) is 2. The number of benzene rings is 3. The molecule has 44 heavy (non-hydrogen) atoms. The van der Waals surface area contributed by atoms with E-state index in [1.54, 1.807) is 14.2 Å². The monoisotopic (exact) mass is 601 g/mol. The minimum absolute atomic E-state index is 0.0316. The third kappa shape index (κ3) is 4.37. The van der Waals surface area contributed by atoms with Crippen LogP contribution in [0.15, 0.2) is 82.1 Å². The first-order chi connectivity index (χ1) is 21.3. The van der Waals surface area contributed by atoms with E-state index < -0.39 is 0 Å². The number of thiazole rings is 1. The topological polar surface area (TPSA) is 57.8 Å². The summed E-state index contributed by atoms with van der Waals surface area (Å²) in [6.07, 6.45) is 3.78. The van der Waals surface area contributed by atoms with E-state index in [2.05, 4.69) is 80.8 Å². The number of nitrogens with zero attached hydrogens (tertiary/aromatic N) is 3. The average Bonchev–Trinajstić information content (AvgIpc) is 3.49. The van der Waals surface area contributed by atoms with Crippen LogP contribution in [0.4, 0.5) is 0 Å². The predicted octanol–water partition coefficient (Wildman–Crippen LogP) is 6.36. The van der Waals surface area contributed by atoms with E-state index in [4.69, 9.17) is 14.5 Å². The minimum atomic E-state index is -0.293. The predicted molar refractivity (Wildman–Crippen MR) is 177 cm³/mol. The summed E-state index contributed by atoms with van der Waals surface area (Å²) < 4.78 is 16.1. The van der Waals surface area contributed by atoms with Gasteiger partial charge in [-0.3, -0.25) is 9.36 Å². The number of allylic oxidation sites excluding steroid dienone is 1. The van der Waals surface area contributed by atoms with Gasteiger partial charge in [-0.25, -0.2) is 4.99 Å². The number of fused-ring (bicyclic) bond motifs is 3. The third-order valence-electron chi connectivity index (χ3n) is 9.02. The van der Waals surface area contributed by atoms with Crippen LogP contribution in [0, 0.1) is 27.7 Å². The Kier molecular flexibility index (Phi) is 6.93. The van der Waals surface area contributed by atoms with Gasteiger partial charge in [0, 0.05) is 17.0 Å². The molecule has 3 heterocycles. The van der Waals surface area contributed by atoms with E-state index in [1.165, 1.54) is 33.7 Å². The van der Waals surface area contributed by atoms with Crippen molar-refractivity contribution in [1.29, 1.82) is 0 Å². The van der Waals surface area contributed by atoms with Gasteiger partial charge in [-0.1, -0.05) is 59.9 Å². The van der Waals surface area contributed by atoms with Gasteiger partial charge < -0.3 is 14.0 Å². The number of aryl methyl sites for hydroxylation is 4. The molecular formula is C37H35N3O3S. The molecule has 0 saturated heterocycles. The average molecular weight is 602 g/mol. The van der Waals surface area contributed by atoms with Crippen LogP contribution in [0.2, 0.25) is 0 Å². The summed E-state index contributed by atoms with van der Waals surface area (Å²) in [5, 5.41) is 0. The van der Waals surface area contributed by atoms with Gasteiger partial charge in [-0.2, -0.15) is 0 Å². The first kappa shape index (κ1) is 28.2. The first-order valence-corrected chi connectivity index (χ1v) is 15.7. The fourth-order valence-electron chi connectivity index (χ4n) is 6.92. The summed E-state index contributed by atoms with van der Waals surface area (Å²) >= 11 is 1.46. The van der Waals surface area contributed by atoms with Crippen molar-refractivity contribution < 1.29 is 9.47 Å². The van der Waals surface area contributed by atoms with Gasteiger partial charge in [0.2, 0.25) is 0 Å². The zero-order chi connectivity index (χ0) is 30.7. The van der Waals surface area contributed by atoms with Gasteiger partial charge in [-0.15, -0.1) is 0 Å². The zero-order valence-corrected chi connectivity index (χ0v) is 26.7. The summed E-state index contributed by atoms with van der Waals surface area (Å²) in [5.41, 5.74) is 12.4. The highest BCUT2D eigenvalue weighted by Crippen LogP contribution is 2.42. The molecule has 0 saturated carbocycles. The summed E-state index contributed by atoms with van der Waals surface area (Å²) in [7, 11) is 3.28. The number of hydrogen-bond donors (Lipinski definition) is 0. The van der Waals surface area contributed by atoms with Crippen LogP contribution in [-0.2, 0) is 6.42 Å². The number of para-hydroxylation sites is 1. The highest BCUT2D eigenvalue weighted by atomic mass is 32.1. The molecule has 0 radical (unpaired) electrons. The van der Waals surface area contributed by atoms with Crippen LogP contribution in [0.3, 0.4) is 0 Å². The highest BCUT2D eigenvalue weighted by molar-refractivity contribution is 7.07. The van der Waals surface area contributed by atoms with Crippen LogP contribution in [0.25, 0.3) is 17.5 Å². The maximum Gasteiger partial charge on any atom is 0.271 e. The van der Waals surface area contributed by atoms with Gasteiger partial charge in [0.1, 0.15) is 0 Å². The standard InChI is InChI=1S/C37H35N3O3S/c1-21-10-9-11-22(2)34(21)39-23(3)18-27(24(39)4)20-32-36(41)40-35(26-15-17-30(42-5)31(19-26)43-6)29-16-14-25-12-7-8-13-28(25)33(29)38-37(40)44-32/h7-13,15,17-20,35H,14,16H2,1-6H3/b32-20+/t35-/m0/s1. The molecular weight excluding hydrogens is 566 g/mol. The minimum Gasteiger partial charge on any atom is -0.493 e. The van der Waals surface area contributed by atoms with Crippen LogP contribution < -0.4 is 24.4 Å². The lowest BCUT2D eigenvalue weighted by atomic mass is 9.83. The van der Waals surface area contributed by atoms with Crippen molar-refractivity contribution in [1.82, 2.24) is 9.13 Å². The van der Waals surface area contributed by atoms with Crippen LogP contribution in [0.1, 0.15) is 57.2 Å². The van der Waals surface area contributed by atoms with Crippen molar-refractivity contribution in [2.75, 3.05) is 14.2 Å². The molecule has 3 aromatic carbocycles. The van der Waals surface area contributed by atoms with Gasteiger partial charge in [0.25, 0.3) is 5.56 Å². The normalized spacial score (nSPS) is 15.9. The number of aromatic nitrogens is 2. The molecule has 222 valence electrons. The van der Waals surface area contributed by atoms with Crippen molar-refractivity contribution >= 4 is 23.1 Å². The Bertz CT molecular complexity index is 2160. The van der Waals surface area contributed by atoms with Crippen molar-refractivity contribution in [3.05, 3.63) is 137 Å². The maximum absolute atomic E-state index is 14.4. The molecule has 7 rings (SSSR count). The molecule has 7 heteroatoms. The molecule has 2 aromatic heterocycles. The van der Waals surface area contributed by atoms with E-state index in [-0.39, 0.29) is 11.6 Å². The number of hydrogen-bond acceptors (Lipinski definition) is 5. The lowest BCUT2D eigenvalue weighted by Gasteiger charge is -2.31. The Hall–Kier alpha value is -4.62. The van der Waals surface area contributed by atoms with Gasteiger partial charge in [0.05, 0.1) is 36.2 Å². The van der Waals surface area contributed by atoms with E-state index in [9.17, 15) is 4.79 Å². The lowest BCUT2D eigenvalue weighted by molar-refractivity contribution is 0.354. The second kappa shape index (κ2) is 10.8. The van der Waals surface area contributed by atoms with Crippen molar-refractivity contribution in [2.24, 2.45) is 4.99 Å². The summed E-state index contributed by atoms with van der Waals surface area (Å²) in [4.78, 5) is 20.3. The van der Waals surface area contributed by atoms with E-state index in [0.29, 0.717) is 20.8 Å². The quantitative estimate of drug-likeness (QED) is 0.236. The van der Waals surface area contributed by atoms with Crippen LogP contribution >= 0.6 is 11.3 Å². The molecule has 0 spiro atoms. The Balaban J connectivity index is 1.45. The van der Waals surface area contributed by atoms with Crippen molar-refractivity contribution in [3.63, 3.8) is 0 Å². The lowest BCUT2D eigenvalue weighted by Crippen LogP contribution is -2.38. The molecule has 1 aliphatic heterocycles. The molecule has 5 aromatic rings. The largest absolute Gasteiger partial charge is 0.493 e. The molecule has 0 N–H and O–H groups in total. The fourth-order valence-corrected chi connectivity index (χ4v) is 7.91. The second-order valence-corrected chi connectivity index (χ2v) is 12.6. The highest BCUT2D eigenvalue weighted by Gasteiger charge is 2.33. The number of rotatable bonds is 5. The summed E-state index contributed by atoms with van der Waals surface area (Å²) in [6, 6.07) is 22.7. The van der Waals surface area contributed by atoms with Crippen molar-refractivity contribution in [3.8, 4) is 17.2 Å². The maximum atomic E-state index is 14.4. The first-order valence-electron chi connectivity index (χ1n) is 14.9.